The number of ether oxygens (including phenoxy) is 1. The van der Waals surface area contributed by atoms with Crippen LogP contribution < -0.4 is 10.1 Å². The maximum absolute atomic E-state index is 12.6. The minimum absolute atomic E-state index is 0.0701. The molecular formula is C25H32N2O3. The lowest BCUT2D eigenvalue weighted by Gasteiger charge is -2.32. The number of piperidine rings is 1. The molecule has 5 nitrogen and oxygen atoms in total. The normalized spacial score (nSPS) is 14.6. The van der Waals surface area contributed by atoms with E-state index in [-0.39, 0.29) is 17.9 Å². The van der Waals surface area contributed by atoms with E-state index in [4.69, 9.17) is 4.74 Å². The molecule has 0 aliphatic carbocycles. The highest BCUT2D eigenvalue weighted by Gasteiger charge is 2.23. The van der Waals surface area contributed by atoms with Gasteiger partial charge >= 0.3 is 0 Å². The summed E-state index contributed by atoms with van der Waals surface area (Å²) in [6.07, 6.45) is 2.38. The molecule has 160 valence electrons. The molecule has 3 rings (SSSR count). The van der Waals surface area contributed by atoms with Crippen molar-refractivity contribution < 1.29 is 14.3 Å². The van der Waals surface area contributed by atoms with Crippen molar-refractivity contribution in [1.82, 2.24) is 10.2 Å². The number of carbonyl (C=O) groups is 2. The Morgan fingerprint density at radius 3 is 2.37 bits per heavy atom. The molecule has 2 amide bonds. The summed E-state index contributed by atoms with van der Waals surface area (Å²) in [7, 11) is 0. The molecule has 2 aromatic carbocycles. The Labute approximate surface area is 179 Å². The van der Waals surface area contributed by atoms with Crippen molar-refractivity contribution in [3.8, 4) is 5.75 Å². The van der Waals surface area contributed by atoms with Gasteiger partial charge in [0.05, 0.1) is 13.0 Å². The number of carbonyl (C=O) groups excluding carboxylic acids is 2. The molecule has 1 N–H and O–H groups in total. The van der Waals surface area contributed by atoms with Crippen LogP contribution in [0.4, 0.5) is 0 Å². The monoisotopic (exact) mass is 408 g/mol. The first kappa shape index (κ1) is 21.9. The van der Waals surface area contributed by atoms with Crippen LogP contribution in [0, 0.1) is 12.8 Å². The SMILES string of the molecule is Cc1ccccc1CC(=O)N1CCC(COc2ccc(C(=O)NC(C)C)cc2)CC1. The molecule has 5 heteroatoms. The number of benzene rings is 2. The minimum Gasteiger partial charge on any atom is -0.493 e. The number of amides is 2. The molecule has 1 heterocycles. The van der Waals surface area contributed by atoms with Gasteiger partial charge in [0.25, 0.3) is 5.91 Å². The summed E-state index contributed by atoms with van der Waals surface area (Å²) in [5, 5.41) is 2.88. The standard InChI is InChI=1S/C25H32N2O3/c1-18(2)26-25(29)21-8-10-23(11-9-21)30-17-20-12-14-27(15-13-20)24(28)16-22-7-5-4-6-19(22)3/h4-11,18,20H,12-17H2,1-3H3,(H,26,29). The molecule has 0 aromatic heterocycles. The lowest BCUT2D eigenvalue weighted by atomic mass is 9.97. The van der Waals surface area contributed by atoms with E-state index in [0.29, 0.717) is 24.5 Å². The maximum atomic E-state index is 12.6. The molecule has 30 heavy (non-hydrogen) atoms. The van der Waals surface area contributed by atoms with Crippen molar-refractivity contribution in [2.24, 2.45) is 5.92 Å². The zero-order chi connectivity index (χ0) is 21.5. The summed E-state index contributed by atoms with van der Waals surface area (Å²) in [6.45, 7) is 8.14. The van der Waals surface area contributed by atoms with Gasteiger partial charge in [-0.25, -0.2) is 0 Å². The molecule has 0 radical (unpaired) electrons. The van der Waals surface area contributed by atoms with Gasteiger partial charge in [0, 0.05) is 24.7 Å². The second kappa shape index (κ2) is 10.3. The zero-order valence-corrected chi connectivity index (χ0v) is 18.2. The van der Waals surface area contributed by atoms with Crippen LogP contribution in [0.2, 0.25) is 0 Å². The van der Waals surface area contributed by atoms with E-state index in [1.54, 1.807) is 12.1 Å². The Hall–Kier alpha value is -2.82. The number of hydrogen-bond acceptors (Lipinski definition) is 3. The van der Waals surface area contributed by atoms with E-state index in [0.717, 1.165) is 37.2 Å². The van der Waals surface area contributed by atoms with Gasteiger partial charge in [0.1, 0.15) is 5.75 Å². The van der Waals surface area contributed by atoms with Crippen LogP contribution in [0.5, 0.6) is 5.75 Å². The zero-order valence-electron chi connectivity index (χ0n) is 18.2. The summed E-state index contributed by atoms with van der Waals surface area (Å²) in [6, 6.07) is 15.5. The van der Waals surface area contributed by atoms with Gasteiger partial charge in [-0.3, -0.25) is 9.59 Å². The molecule has 0 unspecified atom stereocenters. The first-order valence-corrected chi connectivity index (χ1v) is 10.8. The highest BCUT2D eigenvalue weighted by Crippen LogP contribution is 2.21. The van der Waals surface area contributed by atoms with E-state index < -0.39 is 0 Å². The second-order valence-corrected chi connectivity index (χ2v) is 8.39. The van der Waals surface area contributed by atoms with Gasteiger partial charge in [-0.05, 0) is 74.9 Å². The molecule has 1 aliphatic heterocycles. The fourth-order valence-corrected chi connectivity index (χ4v) is 3.69. The number of aryl methyl sites for hydroxylation is 1. The van der Waals surface area contributed by atoms with E-state index >= 15 is 0 Å². The third kappa shape index (κ3) is 6.09. The van der Waals surface area contributed by atoms with Crippen molar-refractivity contribution in [1.29, 1.82) is 0 Å². The van der Waals surface area contributed by atoms with Crippen molar-refractivity contribution in [3.63, 3.8) is 0 Å². The number of likely N-dealkylation sites (tertiary alicyclic amines) is 1. The van der Waals surface area contributed by atoms with Crippen LogP contribution in [0.3, 0.4) is 0 Å². The first-order chi connectivity index (χ1) is 14.4. The van der Waals surface area contributed by atoms with Crippen LogP contribution >= 0.6 is 0 Å². The maximum Gasteiger partial charge on any atom is 0.251 e. The fraction of sp³-hybridized carbons (Fsp3) is 0.440. The van der Waals surface area contributed by atoms with Gasteiger partial charge in [-0.2, -0.15) is 0 Å². The Balaban J connectivity index is 1.42. The van der Waals surface area contributed by atoms with Crippen molar-refractivity contribution in [3.05, 3.63) is 65.2 Å². The van der Waals surface area contributed by atoms with Gasteiger partial charge in [-0.15, -0.1) is 0 Å². The third-order valence-electron chi connectivity index (χ3n) is 5.59. The predicted molar refractivity (Wildman–Crippen MR) is 119 cm³/mol. The molecule has 1 saturated heterocycles. The number of nitrogens with zero attached hydrogens (tertiary/aromatic N) is 1. The Morgan fingerprint density at radius 1 is 1.07 bits per heavy atom. The Morgan fingerprint density at radius 2 is 1.73 bits per heavy atom. The van der Waals surface area contributed by atoms with Crippen molar-refractivity contribution in [2.45, 2.75) is 46.1 Å². The summed E-state index contributed by atoms with van der Waals surface area (Å²) in [4.78, 5) is 26.6. The fourth-order valence-electron chi connectivity index (χ4n) is 3.69. The van der Waals surface area contributed by atoms with Crippen LogP contribution in [-0.2, 0) is 11.2 Å². The highest BCUT2D eigenvalue weighted by molar-refractivity contribution is 5.94. The minimum atomic E-state index is -0.0701. The van der Waals surface area contributed by atoms with Crippen molar-refractivity contribution in [2.75, 3.05) is 19.7 Å². The molecule has 0 saturated carbocycles. The second-order valence-electron chi connectivity index (χ2n) is 8.39. The molecule has 0 atom stereocenters. The number of rotatable bonds is 7. The molecule has 2 aromatic rings. The predicted octanol–water partition coefficient (Wildman–Crippen LogP) is 3.99. The highest BCUT2D eigenvalue weighted by atomic mass is 16.5. The Kier molecular flexibility index (Phi) is 7.50. The van der Waals surface area contributed by atoms with E-state index in [1.807, 2.05) is 49.1 Å². The molecule has 0 spiro atoms. The quantitative estimate of drug-likeness (QED) is 0.754. The number of nitrogens with one attached hydrogen (secondary N) is 1. The molecular weight excluding hydrogens is 376 g/mol. The lowest BCUT2D eigenvalue weighted by Crippen LogP contribution is -2.40. The van der Waals surface area contributed by atoms with E-state index in [1.165, 1.54) is 5.56 Å². The topological polar surface area (TPSA) is 58.6 Å². The van der Waals surface area contributed by atoms with Gasteiger partial charge in [0.2, 0.25) is 5.91 Å². The van der Waals surface area contributed by atoms with Gasteiger partial charge in [0.15, 0.2) is 0 Å². The summed E-state index contributed by atoms with van der Waals surface area (Å²) in [5.41, 5.74) is 2.91. The van der Waals surface area contributed by atoms with E-state index in [2.05, 4.69) is 18.3 Å². The average molecular weight is 409 g/mol. The van der Waals surface area contributed by atoms with Crippen molar-refractivity contribution >= 4 is 11.8 Å². The smallest absolute Gasteiger partial charge is 0.251 e. The van der Waals surface area contributed by atoms with Crippen LogP contribution in [-0.4, -0.2) is 42.5 Å². The Bertz CT molecular complexity index is 853. The van der Waals surface area contributed by atoms with Gasteiger partial charge in [-0.1, -0.05) is 24.3 Å². The summed E-state index contributed by atoms with van der Waals surface area (Å²) >= 11 is 0. The number of hydrogen-bond donors (Lipinski definition) is 1. The molecule has 1 aliphatic rings. The van der Waals surface area contributed by atoms with Crippen LogP contribution in [0.1, 0.15) is 48.2 Å². The van der Waals surface area contributed by atoms with E-state index in [9.17, 15) is 9.59 Å². The first-order valence-electron chi connectivity index (χ1n) is 10.8. The van der Waals surface area contributed by atoms with Crippen LogP contribution in [0.15, 0.2) is 48.5 Å². The largest absolute Gasteiger partial charge is 0.493 e. The lowest BCUT2D eigenvalue weighted by molar-refractivity contribution is -0.132. The summed E-state index contributed by atoms with van der Waals surface area (Å²) < 4.78 is 5.93. The molecule has 0 bridgehead atoms. The van der Waals surface area contributed by atoms with Gasteiger partial charge < -0.3 is 15.0 Å². The third-order valence-corrected chi connectivity index (χ3v) is 5.59. The average Bonchev–Trinajstić information content (AvgIpc) is 2.74. The molecule has 1 fully saturated rings. The summed E-state index contributed by atoms with van der Waals surface area (Å²) in [5.74, 6) is 1.35. The van der Waals surface area contributed by atoms with Crippen LogP contribution in [0.25, 0.3) is 0 Å².